The number of methoxy groups -OCH3 is 1. The van der Waals surface area contributed by atoms with Gasteiger partial charge in [-0.05, 0) is 61.5 Å². The Hall–Kier alpha value is -2.84. The van der Waals surface area contributed by atoms with E-state index in [1.54, 1.807) is 19.3 Å². The van der Waals surface area contributed by atoms with Crippen LogP contribution in [0, 0.1) is 25.2 Å². The average molecular weight is 456 g/mol. The van der Waals surface area contributed by atoms with E-state index in [2.05, 4.69) is 10.1 Å². The van der Waals surface area contributed by atoms with Crippen molar-refractivity contribution < 1.29 is 9.53 Å². The van der Waals surface area contributed by atoms with Crippen molar-refractivity contribution in [2.75, 3.05) is 7.11 Å². The summed E-state index contributed by atoms with van der Waals surface area (Å²) in [5.74, 6) is 0.475. The molecule has 0 spiro atoms. The number of aliphatic imine (C=N–C) groups is 1. The Morgan fingerprint density at radius 1 is 1.26 bits per heavy atom. The maximum Gasteiger partial charge on any atom is 0.283 e. The molecule has 1 amide bonds. The lowest BCUT2D eigenvalue weighted by atomic mass is 10.1. The molecule has 0 bridgehead atoms. The van der Waals surface area contributed by atoms with E-state index in [4.69, 9.17) is 21.7 Å². The number of carbonyl (C=O) groups is 1. The smallest absolute Gasteiger partial charge is 0.283 e. The van der Waals surface area contributed by atoms with Crippen LogP contribution in [0.1, 0.15) is 30.8 Å². The zero-order chi connectivity index (χ0) is 22.4. The van der Waals surface area contributed by atoms with Gasteiger partial charge in [0.1, 0.15) is 10.8 Å². The highest BCUT2D eigenvalue weighted by molar-refractivity contribution is 8.27. The van der Waals surface area contributed by atoms with Gasteiger partial charge >= 0.3 is 0 Å². The summed E-state index contributed by atoms with van der Waals surface area (Å²) in [6.45, 7) is 7.96. The number of rotatable bonds is 4. The van der Waals surface area contributed by atoms with Crippen LogP contribution in [-0.2, 0) is 4.79 Å². The van der Waals surface area contributed by atoms with Gasteiger partial charge in [0, 0.05) is 22.3 Å². The number of carbonyl (C=O) groups excluding carboxylic acids is 1. The molecule has 0 fully saturated rings. The SMILES string of the molecule is COc1ccc(Cl)cc1-n1c(C)cc(/C=C2\C(=N)N3N=C(C(C)C)SC3=NC2=O)c1C. The Morgan fingerprint density at radius 3 is 2.68 bits per heavy atom. The summed E-state index contributed by atoms with van der Waals surface area (Å²) in [5.41, 5.74) is 3.66. The predicted molar refractivity (Wildman–Crippen MR) is 127 cm³/mol. The molecule has 0 radical (unpaired) electrons. The molecule has 1 aromatic carbocycles. The minimum Gasteiger partial charge on any atom is -0.495 e. The molecule has 2 aliphatic rings. The van der Waals surface area contributed by atoms with Crippen molar-refractivity contribution in [3.8, 4) is 11.4 Å². The number of benzene rings is 1. The summed E-state index contributed by atoms with van der Waals surface area (Å²) in [6, 6.07) is 7.40. The first-order valence-corrected chi connectivity index (χ1v) is 10.9. The van der Waals surface area contributed by atoms with Gasteiger partial charge in [-0.25, -0.2) is 0 Å². The number of nitrogens with one attached hydrogen (secondary N) is 1. The number of ether oxygens (including phenoxy) is 1. The summed E-state index contributed by atoms with van der Waals surface area (Å²) in [4.78, 5) is 16.9. The van der Waals surface area contributed by atoms with Crippen molar-refractivity contribution in [1.82, 2.24) is 9.58 Å². The summed E-state index contributed by atoms with van der Waals surface area (Å²) in [7, 11) is 1.61. The first-order chi connectivity index (χ1) is 14.7. The fraction of sp³-hybridized carbons (Fsp3) is 0.273. The number of hydrogen-bond acceptors (Lipinski definition) is 5. The monoisotopic (exact) mass is 455 g/mol. The van der Waals surface area contributed by atoms with Crippen LogP contribution in [0.3, 0.4) is 0 Å². The lowest BCUT2D eigenvalue weighted by molar-refractivity contribution is -0.114. The lowest BCUT2D eigenvalue weighted by Gasteiger charge is -2.20. The van der Waals surface area contributed by atoms with Crippen LogP contribution in [0.5, 0.6) is 5.75 Å². The average Bonchev–Trinajstić information content (AvgIpc) is 3.26. The van der Waals surface area contributed by atoms with Crippen molar-refractivity contribution in [2.24, 2.45) is 16.0 Å². The lowest BCUT2D eigenvalue weighted by Crippen LogP contribution is -2.35. The first kappa shape index (κ1) is 21.4. The van der Waals surface area contributed by atoms with E-state index in [0.29, 0.717) is 15.9 Å². The molecule has 2 aromatic rings. The maximum absolute atomic E-state index is 12.7. The topological polar surface area (TPSA) is 83.0 Å². The highest BCUT2D eigenvalue weighted by atomic mass is 35.5. The highest BCUT2D eigenvalue weighted by Gasteiger charge is 2.36. The van der Waals surface area contributed by atoms with E-state index in [9.17, 15) is 4.79 Å². The molecule has 160 valence electrons. The molecule has 0 saturated carbocycles. The standard InChI is InChI=1S/C22H22ClN5O2S/c1-11(2)21-26-28-19(24)16(20(29)25-22(28)31-21)9-14-8-12(3)27(13(14)4)17-10-15(23)6-7-18(17)30-5/h6-11,24H,1-5H3/b16-9+,24-19?. The molecule has 3 heterocycles. The Balaban J connectivity index is 1.78. The van der Waals surface area contributed by atoms with Gasteiger partial charge in [0.15, 0.2) is 5.84 Å². The molecule has 0 saturated heterocycles. The van der Waals surface area contributed by atoms with Crippen LogP contribution in [-0.4, -0.2) is 38.6 Å². The van der Waals surface area contributed by atoms with Crippen molar-refractivity contribution in [1.29, 1.82) is 5.41 Å². The number of aryl methyl sites for hydroxylation is 1. The second-order valence-corrected chi connectivity index (χ2v) is 9.01. The van der Waals surface area contributed by atoms with Gasteiger partial charge in [0.25, 0.3) is 5.91 Å². The van der Waals surface area contributed by atoms with Gasteiger partial charge in [0.05, 0.1) is 18.4 Å². The molecular weight excluding hydrogens is 434 g/mol. The van der Waals surface area contributed by atoms with E-state index in [-0.39, 0.29) is 17.3 Å². The quantitative estimate of drug-likeness (QED) is 0.655. The van der Waals surface area contributed by atoms with Crippen molar-refractivity contribution in [3.05, 3.63) is 51.8 Å². The van der Waals surface area contributed by atoms with Gasteiger partial charge in [0.2, 0.25) is 5.17 Å². The number of thioether (sulfide) groups is 1. The van der Waals surface area contributed by atoms with Crippen LogP contribution >= 0.6 is 23.4 Å². The Morgan fingerprint density at radius 2 is 2.00 bits per heavy atom. The maximum atomic E-state index is 12.7. The molecule has 0 atom stereocenters. The predicted octanol–water partition coefficient (Wildman–Crippen LogP) is 5.03. The van der Waals surface area contributed by atoms with Crippen LogP contribution < -0.4 is 4.74 Å². The third kappa shape index (κ3) is 3.70. The third-order valence-electron chi connectivity index (χ3n) is 5.12. The van der Waals surface area contributed by atoms with E-state index in [1.807, 2.05) is 50.5 Å². The number of fused-ring (bicyclic) bond motifs is 1. The zero-order valence-electron chi connectivity index (χ0n) is 17.9. The van der Waals surface area contributed by atoms with Crippen molar-refractivity contribution in [2.45, 2.75) is 27.7 Å². The number of amidine groups is 2. The summed E-state index contributed by atoms with van der Waals surface area (Å²) in [5, 5.41) is 16.3. The fourth-order valence-corrected chi connectivity index (χ4v) is 4.60. The second-order valence-electron chi connectivity index (χ2n) is 7.59. The minimum atomic E-state index is -0.436. The largest absolute Gasteiger partial charge is 0.495 e. The molecule has 9 heteroatoms. The summed E-state index contributed by atoms with van der Waals surface area (Å²) < 4.78 is 7.53. The van der Waals surface area contributed by atoms with Gasteiger partial charge in [-0.15, -0.1) is 0 Å². The number of halogens is 1. The molecule has 2 aliphatic heterocycles. The van der Waals surface area contributed by atoms with Crippen LogP contribution in [0.15, 0.2) is 39.9 Å². The summed E-state index contributed by atoms with van der Waals surface area (Å²) in [6.07, 6.45) is 1.70. The molecule has 1 N–H and O–H groups in total. The van der Waals surface area contributed by atoms with Gasteiger partial charge < -0.3 is 9.30 Å². The number of aromatic nitrogens is 1. The minimum absolute atomic E-state index is 0.0308. The molecule has 31 heavy (non-hydrogen) atoms. The Kier molecular flexibility index (Phi) is 5.53. The number of hydrogen-bond donors (Lipinski definition) is 1. The van der Waals surface area contributed by atoms with Gasteiger partial charge in [-0.1, -0.05) is 25.4 Å². The second kappa shape index (κ2) is 8.01. The zero-order valence-corrected chi connectivity index (χ0v) is 19.4. The van der Waals surface area contributed by atoms with E-state index >= 15 is 0 Å². The van der Waals surface area contributed by atoms with Gasteiger partial charge in [-0.2, -0.15) is 15.1 Å². The fourth-order valence-electron chi connectivity index (χ4n) is 3.54. The van der Waals surface area contributed by atoms with E-state index in [0.717, 1.165) is 27.7 Å². The van der Waals surface area contributed by atoms with Crippen molar-refractivity contribution in [3.63, 3.8) is 0 Å². The number of amides is 1. The van der Waals surface area contributed by atoms with E-state index in [1.165, 1.54) is 16.8 Å². The Bertz CT molecular complexity index is 1210. The normalized spacial score (nSPS) is 17.4. The van der Waals surface area contributed by atoms with Crippen LogP contribution in [0.25, 0.3) is 11.8 Å². The molecule has 4 rings (SSSR count). The molecule has 0 aliphatic carbocycles. The molecule has 7 nitrogen and oxygen atoms in total. The van der Waals surface area contributed by atoms with Crippen LogP contribution in [0.4, 0.5) is 0 Å². The van der Waals surface area contributed by atoms with Crippen LogP contribution in [0.2, 0.25) is 5.02 Å². The number of hydrazone groups is 1. The van der Waals surface area contributed by atoms with Crippen molar-refractivity contribution >= 4 is 51.4 Å². The first-order valence-electron chi connectivity index (χ1n) is 9.74. The summed E-state index contributed by atoms with van der Waals surface area (Å²) >= 11 is 7.56. The molecular formula is C22H22ClN5O2S. The van der Waals surface area contributed by atoms with Gasteiger partial charge in [-0.3, -0.25) is 10.2 Å². The Labute approximate surface area is 189 Å². The third-order valence-corrected chi connectivity index (χ3v) is 6.56. The molecule has 0 unspecified atom stereocenters. The number of nitrogens with zero attached hydrogens (tertiary/aromatic N) is 4. The van der Waals surface area contributed by atoms with E-state index < -0.39 is 5.91 Å². The highest BCUT2D eigenvalue weighted by Crippen LogP contribution is 2.33. The molecule has 1 aromatic heterocycles.